The molecule has 1 unspecified atom stereocenters. The molecule has 0 bridgehead atoms. The lowest BCUT2D eigenvalue weighted by molar-refractivity contribution is 0.379. The zero-order valence-corrected chi connectivity index (χ0v) is 11.2. The third-order valence-corrected chi connectivity index (χ3v) is 3.31. The van der Waals surface area contributed by atoms with Gasteiger partial charge in [-0.15, -0.1) is 0 Å². The molecule has 5 nitrogen and oxygen atoms in total. The summed E-state index contributed by atoms with van der Waals surface area (Å²) in [5, 5.41) is 10.1. The van der Waals surface area contributed by atoms with Crippen LogP contribution in [0.4, 0.5) is 4.39 Å². The number of hydrogen-bond acceptors (Lipinski definition) is 3. The number of aromatic nitrogens is 2. The second kappa shape index (κ2) is 5.32. The van der Waals surface area contributed by atoms with Crippen LogP contribution in [0.3, 0.4) is 0 Å². The molecule has 0 aliphatic carbocycles. The number of rotatable bonds is 3. The summed E-state index contributed by atoms with van der Waals surface area (Å²) >= 11 is 0. The zero-order valence-electron chi connectivity index (χ0n) is 11.2. The first-order chi connectivity index (χ1) is 9.47. The number of aromatic amines is 1. The van der Waals surface area contributed by atoms with Crippen molar-refractivity contribution in [2.75, 3.05) is 0 Å². The van der Waals surface area contributed by atoms with Gasteiger partial charge in [0.25, 0.3) is 5.56 Å². The zero-order chi connectivity index (χ0) is 14.9. The summed E-state index contributed by atoms with van der Waals surface area (Å²) in [5.41, 5.74) is -1.01. The van der Waals surface area contributed by atoms with Gasteiger partial charge in [-0.1, -0.05) is 25.1 Å². The van der Waals surface area contributed by atoms with Crippen LogP contribution in [0.2, 0.25) is 0 Å². The Morgan fingerprint density at radius 2 is 2.00 bits per heavy atom. The molecule has 1 atom stereocenters. The van der Waals surface area contributed by atoms with E-state index in [0.717, 1.165) is 4.57 Å². The Bertz CT molecular complexity index is 749. The van der Waals surface area contributed by atoms with Crippen LogP contribution in [0.25, 0.3) is 0 Å². The van der Waals surface area contributed by atoms with E-state index in [0.29, 0.717) is 0 Å². The Hall–Kier alpha value is -2.37. The summed E-state index contributed by atoms with van der Waals surface area (Å²) in [6, 6.07) is 5.26. The summed E-state index contributed by atoms with van der Waals surface area (Å²) in [4.78, 5) is 25.6. The molecule has 0 aliphatic rings. The van der Waals surface area contributed by atoms with Crippen LogP contribution in [-0.2, 0) is 6.42 Å². The topological polar surface area (TPSA) is 75.1 Å². The number of aromatic hydroxyl groups is 1. The lowest BCUT2D eigenvalue weighted by Crippen LogP contribution is -2.34. The summed E-state index contributed by atoms with van der Waals surface area (Å²) in [6.45, 7) is 3.27. The molecule has 0 radical (unpaired) electrons. The van der Waals surface area contributed by atoms with E-state index in [1.54, 1.807) is 26.0 Å². The minimum absolute atomic E-state index is 0.104. The van der Waals surface area contributed by atoms with E-state index in [1.807, 2.05) is 0 Å². The molecule has 6 heteroatoms. The van der Waals surface area contributed by atoms with E-state index in [1.165, 1.54) is 12.1 Å². The van der Waals surface area contributed by atoms with E-state index in [2.05, 4.69) is 4.98 Å². The van der Waals surface area contributed by atoms with Crippen molar-refractivity contribution in [1.82, 2.24) is 9.55 Å². The summed E-state index contributed by atoms with van der Waals surface area (Å²) in [5.74, 6) is -0.896. The van der Waals surface area contributed by atoms with Crippen molar-refractivity contribution in [3.63, 3.8) is 0 Å². The van der Waals surface area contributed by atoms with Gasteiger partial charge in [-0.25, -0.2) is 9.18 Å². The fraction of sp³-hybridized carbons (Fsp3) is 0.286. The Balaban J connectivity index is 2.68. The van der Waals surface area contributed by atoms with Gasteiger partial charge in [0.2, 0.25) is 5.88 Å². The van der Waals surface area contributed by atoms with Gasteiger partial charge in [-0.3, -0.25) is 14.3 Å². The van der Waals surface area contributed by atoms with Crippen molar-refractivity contribution in [2.24, 2.45) is 0 Å². The minimum Gasteiger partial charge on any atom is -0.494 e. The molecule has 0 saturated heterocycles. The van der Waals surface area contributed by atoms with Crippen LogP contribution in [0.1, 0.15) is 31.0 Å². The molecule has 1 aromatic heterocycles. The number of halogens is 1. The predicted molar refractivity (Wildman–Crippen MR) is 72.6 cm³/mol. The molecule has 0 fully saturated rings. The molecule has 2 N–H and O–H groups in total. The lowest BCUT2D eigenvalue weighted by Gasteiger charge is -2.18. The van der Waals surface area contributed by atoms with Crippen molar-refractivity contribution in [3.05, 3.63) is 62.0 Å². The maximum atomic E-state index is 13.8. The summed E-state index contributed by atoms with van der Waals surface area (Å²) in [7, 11) is 0. The Morgan fingerprint density at radius 3 is 2.60 bits per heavy atom. The molecule has 2 aromatic rings. The fourth-order valence-corrected chi connectivity index (χ4v) is 2.21. The normalized spacial score (nSPS) is 12.3. The molecule has 0 spiro atoms. The molecular weight excluding hydrogens is 263 g/mol. The highest BCUT2D eigenvalue weighted by Crippen LogP contribution is 2.24. The van der Waals surface area contributed by atoms with Crippen molar-refractivity contribution < 1.29 is 9.50 Å². The van der Waals surface area contributed by atoms with Gasteiger partial charge in [0.1, 0.15) is 5.82 Å². The predicted octanol–water partition coefficient (Wildman–Crippen LogP) is 1.55. The van der Waals surface area contributed by atoms with Crippen molar-refractivity contribution in [2.45, 2.75) is 26.3 Å². The first kappa shape index (κ1) is 14.0. The first-order valence-electron chi connectivity index (χ1n) is 6.28. The largest absolute Gasteiger partial charge is 0.494 e. The van der Waals surface area contributed by atoms with Crippen molar-refractivity contribution in [1.29, 1.82) is 0 Å². The Morgan fingerprint density at radius 1 is 1.35 bits per heavy atom. The molecule has 20 heavy (non-hydrogen) atoms. The molecule has 0 amide bonds. The van der Waals surface area contributed by atoms with Crippen molar-refractivity contribution >= 4 is 0 Å². The highest BCUT2D eigenvalue weighted by molar-refractivity contribution is 5.27. The Kier molecular flexibility index (Phi) is 3.74. The van der Waals surface area contributed by atoms with Gasteiger partial charge in [0.05, 0.1) is 11.6 Å². The molecule has 1 heterocycles. The number of nitrogens with one attached hydrogen (secondary N) is 1. The molecule has 0 aliphatic heterocycles. The van der Waals surface area contributed by atoms with Gasteiger partial charge in [-0.2, -0.15) is 0 Å². The van der Waals surface area contributed by atoms with Crippen LogP contribution in [0.15, 0.2) is 33.9 Å². The molecule has 106 valence electrons. The maximum Gasteiger partial charge on any atom is 0.331 e. The van der Waals surface area contributed by atoms with E-state index in [4.69, 9.17) is 0 Å². The quantitative estimate of drug-likeness (QED) is 0.894. The first-order valence-corrected chi connectivity index (χ1v) is 6.28. The van der Waals surface area contributed by atoms with E-state index < -0.39 is 29.0 Å². The monoisotopic (exact) mass is 278 g/mol. The van der Waals surface area contributed by atoms with Crippen molar-refractivity contribution in [3.8, 4) is 5.88 Å². The van der Waals surface area contributed by atoms with Crippen LogP contribution < -0.4 is 11.2 Å². The van der Waals surface area contributed by atoms with E-state index >= 15 is 0 Å². The molecule has 0 saturated carbocycles. The van der Waals surface area contributed by atoms with Gasteiger partial charge in [-0.05, 0) is 19.4 Å². The third kappa shape index (κ3) is 2.24. The van der Waals surface area contributed by atoms with Gasteiger partial charge in [0.15, 0.2) is 0 Å². The van der Waals surface area contributed by atoms with Crippen LogP contribution in [0.5, 0.6) is 5.88 Å². The average Bonchev–Trinajstić information content (AvgIpc) is 2.39. The average molecular weight is 278 g/mol. The molecule has 1 aromatic carbocycles. The van der Waals surface area contributed by atoms with Crippen LogP contribution >= 0.6 is 0 Å². The summed E-state index contributed by atoms with van der Waals surface area (Å²) in [6.07, 6.45) is 0.269. The number of nitrogens with zero attached hydrogens (tertiary/aromatic N) is 1. The van der Waals surface area contributed by atoms with Gasteiger partial charge in [0, 0.05) is 5.56 Å². The van der Waals surface area contributed by atoms with Crippen LogP contribution in [0, 0.1) is 5.82 Å². The van der Waals surface area contributed by atoms with Crippen LogP contribution in [-0.4, -0.2) is 14.7 Å². The van der Waals surface area contributed by atoms with E-state index in [-0.39, 0.29) is 17.5 Å². The standard InChI is InChI=1S/C14H15FN2O3/c1-3-9-12(18)16-14(20)17(13(9)19)8(2)10-6-4-5-7-11(10)15/h4-8,19H,3H2,1-2H3,(H,16,18,20). The highest BCUT2D eigenvalue weighted by atomic mass is 19.1. The van der Waals surface area contributed by atoms with Gasteiger partial charge >= 0.3 is 5.69 Å². The second-order valence-electron chi connectivity index (χ2n) is 4.48. The fourth-order valence-electron chi connectivity index (χ4n) is 2.21. The number of H-pyrrole nitrogens is 1. The second-order valence-corrected chi connectivity index (χ2v) is 4.48. The Labute approximate surface area is 114 Å². The number of benzene rings is 1. The molecular formula is C14H15FN2O3. The van der Waals surface area contributed by atoms with Gasteiger partial charge < -0.3 is 5.11 Å². The molecule has 2 rings (SSSR count). The minimum atomic E-state index is -0.763. The summed E-state index contributed by atoms with van der Waals surface area (Å²) < 4.78 is 14.8. The highest BCUT2D eigenvalue weighted by Gasteiger charge is 2.20. The smallest absolute Gasteiger partial charge is 0.331 e. The number of hydrogen-bond donors (Lipinski definition) is 2. The SMILES string of the molecule is CCc1c(O)n(C(C)c2ccccc2F)c(=O)[nH]c1=O. The lowest BCUT2D eigenvalue weighted by atomic mass is 10.1. The van der Waals surface area contributed by atoms with E-state index in [9.17, 15) is 19.1 Å². The third-order valence-electron chi connectivity index (χ3n) is 3.31. The maximum absolute atomic E-state index is 13.8.